The van der Waals surface area contributed by atoms with Crippen LogP contribution in [0.5, 0.6) is 0 Å². The minimum Gasteiger partial charge on any atom is -0.481 e. The fourth-order valence-electron chi connectivity index (χ4n) is 2.39. The van der Waals surface area contributed by atoms with Gasteiger partial charge in [0.15, 0.2) is 0 Å². The molecule has 5 N–H and O–H groups in total. The van der Waals surface area contributed by atoms with Crippen molar-refractivity contribution in [1.82, 2.24) is 5.32 Å². The molecular weight excluding hydrogens is 298 g/mol. The molecule has 1 aromatic carbocycles. The molecule has 2 rings (SSSR count). The second-order valence-electron chi connectivity index (χ2n) is 5.40. The van der Waals surface area contributed by atoms with Crippen LogP contribution in [0.15, 0.2) is 36.0 Å². The number of rotatable bonds is 7. The third kappa shape index (κ3) is 4.84. The highest BCUT2D eigenvalue weighted by molar-refractivity contribution is 5.88. The Hall–Kier alpha value is -2.83. The molecule has 1 aromatic rings. The van der Waals surface area contributed by atoms with E-state index in [4.69, 9.17) is 10.8 Å². The molecule has 0 unspecified atom stereocenters. The standard InChI is InChI=1S/C16H19N3O4/c17-16(23)13(19-14(20)5-6-15(21)22)8-10-7-11-3-1-2-4-12(11)18-9-10/h1-4,9,13,18H,5-8H2,(H2,17,23)(H,19,20)(H,21,22)/t13-/m0/s1. The highest BCUT2D eigenvalue weighted by Crippen LogP contribution is 2.25. The number of carbonyl (C=O) groups is 3. The van der Waals surface area contributed by atoms with Gasteiger partial charge >= 0.3 is 5.97 Å². The van der Waals surface area contributed by atoms with E-state index in [1.54, 1.807) is 0 Å². The average Bonchev–Trinajstić information content (AvgIpc) is 2.52. The summed E-state index contributed by atoms with van der Waals surface area (Å²) < 4.78 is 0. The number of amides is 2. The van der Waals surface area contributed by atoms with Crippen LogP contribution in [0.3, 0.4) is 0 Å². The van der Waals surface area contributed by atoms with Crippen molar-refractivity contribution in [3.8, 4) is 0 Å². The van der Waals surface area contributed by atoms with Crippen molar-refractivity contribution in [3.63, 3.8) is 0 Å². The molecule has 0 saturated heterocycles. The van der Waals surface area contributed by atoms with Gasteiger partial charge in [-0.1, -0.05) is 18.2 Å². The van der Waals surface area contributed by atoms with Gasteiger partial charge in [-0.05, 0) is 30.0 Å². The van der Waals surface area contributed by atoms with E-state index in [1.165, 1.54) is 0 Å². The van der Waals surface area contributed by atoms with Gasteiger partial charge in [-0.25, -0.2) is 0 Å². The number of nitrogens with one attached hydrogen (secondary N) is 2. The summed E-state index contributed by atoms with van der Waals surface area (Å²) in [6, 6.07) is 6.96. The van der Waals surface area contributed by atoms with Gasteiger partial charge in [0.1, 0.15) is 6.04 Å². The van der Waals surface area contributed by atoms with Crippen LogP contribution in [0.2, 0.25) is 0 Å². The summed E-state index contributed by atoms with van der Waals surface area (Å²) in [6.07, 6.45) is 2.29. The quantitative estimate of drug-likeness (QED) is 0.591. The zero-order valence-electron chi connectivity index (χ0n) is 12.5. The molecule has 0 radical (unpaired) electrons. The van der Waals surface area contributed by atoms with Crippen molar-refractivity contribution in [2.75, 3.05) is 5.32 Å². The molecule has 1 aliphatic heterocycles. The number of carboxylic acids is 1. The summed E-state index contributed by atoms with van der Waals surface area (Å²) in [6.45, 7) is 0. The van der Waals surface area contributed by atoms with Gasteiger partial charge in [0.2, 0.25) is 11.8 Å². The number of para-hydroxylation sites is 1. The molecule has 1 atom stereocenters. The first-order valence-corrected chi connectivity index (χ1v) is 7.28. The van der Waals surface area contributed by atoms with Crippen LogP contribution in [0.4, 0.5) is 5.69 Å². The summed E-state index contributed by atoms with van der Waals surface area (Å²) in [5.41, 5.74) is 8.38. The molecule has 0 bridgehead atoms. The van der Waals surface area contributed by atoms with Gasteiger partial charge in [0, 0.05) is 18.3 Å². The monoisotopic (exact) mass is 317 g/mol. The van der Waals surface area contributed by atoms with Crippen LogP contribution in [-0.4, -0.2) is 28.9 Å². The first-order valence-electron chi connectivity index (χ1n) is 7.28. The van der Waals surface area contributed by atoms with Crippen LogP contribution in [0.25, 0.3) is 0 Å². The minimum atomic E-state index is -1.06. The summed E-state index contributed by atoms with van der Waals surface area (Å²) in [7, 11) is 0. The molecule has 2 amide bonds. The fourth-order valence-corrected chi connectivity index (χ4v) is 2.39. The predicted octanol–water partition coefficient (Wildman–Crippen LogP) is 0.763. The van der Waals surface area contributed by atoms with Crippen LogP contribution >= 0.6 is 0 Å². The maximum Gasteiger partial charge on any atom is 0.303 e. The van der Waals surface area contributed by atoms with Crippen molar-refractivity contribution in [2.45, 2.75) is 31.7 Å². The minimum absolute atomic E-state index is 0.181. The van der Waals surface area contributed by atoms with Crippen molar-refractivity contribution < 1.29 is 19.5 Å². The van der Waals surface area contributed by atoms with Gasteiger partial charge in [-0.15, -0.1) is 0 Å². The summed E-state index contributed by atoms with van der Waals surface area (Å²) in [5, 5.41) is 14.2. The Morgan fingerprint density at radius 2 is 2.00 bits per heavy atom. The number of fused-ring (bicyclic) bond motifs is 1. The van der Waals surface area contributed by atoms with Crippen molar-refractivity contribution in [1.29, 1.82) is 0 Å². The topological polar surface area (TPSA) is 122 Å². The summed E-state index contributed by atoms with van der Waals surface area (Å²) >= 11 is 0. The third-order valence-corrected chi connectivity index (χ3v) is 3.58. The summed E-state index contributed by atoms with van der Waals surface area (Å²) in [4.78, 5) is 33.7. The number of hydrogen-bond donors (Lipinski definition) is 4. The van der Waals surface area contributed by atoms with E-state index in [0.717, 1.165) is 16.8 Å². The number of aliphatic carboxylic acids is 1. The smallest absolute Gasteiger partial charge is 0.303 e. The van der Waals surface area contributed by atoms with E-state index in [0.29, 0.717) is 6.42 Å². The van der Waals surface area contributed by atoms with Crippen LogP contribution in [0.1, 0.15) is 24.8 Å². The van der Waals surface area contributed by atoms with E-state index in [1.807, 2.05) is 30.5 Å². The molecule has 0 fully saturated rings. The first-order chi connectivity index (χ1) is 11.0. The van der Waals surface area contributed by atoms with Crippen LogP contribution in [-0.2, 0) is 20.8 Å². The molecule has 1 heterocycles. The summed E-state index contributed by atoms with van der Waals surface area (Å²) in [5.74, 6) is -2.21. The molecule has 122 valence electrons. The van der Waals surface area contributed by atoms with E-state index in [2.05, 4.69) is 10.6 Å². The van der Waals surface area contributed by atoms with E-state index in [9.17, 15) is 14.4 Å². The predicted molar refractivity (Wildman–Crippen MR) is 84.5 cm³/mol. The molecular formula is C16H19N3O4. The highest BCUT2D eigenvalue weighted by atomic mass is 16.4. The van der Waals surface area contributed by atoms with Crippen molar-refractivity contribution in [3.05, 3.63) is 41.6 Å². The number of nitrogens with two attached hydrogens (primary N) is 1. The van der Waals surface area contributed by atoms with Crippen molar-refractivity contribution in [2.24, 2.45) is 5.73 Å². The lowest BCUT2D eigenvalue weighted by Crippen LogP contribution is -2.45. The molecule has 0 saturated carbocycles. The van der Waals surface area contributed by atoms with Gasteiger partial charge < -0.3 is 21.5 Å². The second kappa shape index (κ2) is 7.44. The molecule has 0 aliphatic carbocycles. The number of carboxylic acid groups (broad SMARTS) is 1. The molecule has 7 heteroatoms. The lowest BCUT2D eigenvalue weighted by atomic mass is 9.95. The Labute approximate surface area is 133 Å². The second-order valence-corrected chi connectivity index (χ2v) is 5.40. The average molecular weight is 317 g/mol. The molecule has 0 spiro atoms. The van der Waals surface area contributed by atoms with Gasteiger partial charge in [-0.2, -0.15) is 0 Å². The number of carbonyl (C=O) groups excluding carboxylic acids is 2. The van der Waals surface area contributed by atoms with E-state index in [-0.39, 0.29) is 19.3 Å². The SMILES string of the molecule is NC(=O)[C@H](CC1=CNc2ccccc2C1)NC(=O)CCC(=O)O. The molecule has 1 aliphatic rings. The lowest BCUT2D eigenvalue weighted by Gasteiger charge is -2.22. The Morgan fingerprint density at radius 1 is 1.26 bits per heavy atom. The van der Waals surface area contributed by atoms with E-state index >= 15 is 0 Å². The Kier molecular flexibility index (Phi) is 5.35. The number of primary amides is 1. The normalized spacial score (nSPS) is 14.0. The third-order valence-electron chi connectivity index (χ3n) is 3.58. The fraction of sp³-hybridized carbons (Fsp3) is 0.312. The van der Waals surface area contributed by atoms with Gasteiger partial charge in [0.05, 0.1) is 6.42 Å². The van der Waals surface area contributed by atoms with Crippen LogP contribution in [0, 0.1) is 0 Å². The maximum atomic E-state index is 11.7. The Morgan fingerprint density at radius 3 is 2.70 bits per heavy atom. The number of benzene rings is 1. The maximum absolute atomic E-state index is 11.7. The Balaban J connectivity index is 1.95. The Bertz CT molecular complexity index is 654. The zero-order chi connectivity index (χ0) is 16.8. The largest absolute Gasteiger partial charge is 0.481 e. The molecule has 7 nitrogen and oxygen atoms in total. The molecule has 0 aromatic heterocycles. The number of hydrogen-bond acceptors (Lipinski definition) is 4. The lowest BCUT2D eigenvalue weighted by molar-refractivity contribution is -0.139. The number of anilines is 1. The van der Waals surface area contributed by atoms with E-state index < -0.39 is 23.8 Å². The first kappa shape index (κ1) is 16.5. The zero-order valence-corrected chi connectivity index (χ0v) is 12.5. The van der Waals surface area contributed by atoms with Crippen molar-refractivity contribution >= 4 is 23.5 Å². The van der Waals surface area contributed by atoms with Gasteiger partial charge in [0.25, 0.3) is 0 Å². The van der Waals surface area contributed by atoms with Gasteiger partial charge in [-0.3, -0.25) is 14.4 Å². The molecule has 23 heavy (non-hydrogen) atoms. The van der Waals surface area contributed by atoms with Crippen LogP contribution < -0.4 is 16.4 Å². The highest BCUT2D eigenvalue weighted by Gasteiger charge is 2.21.